The summed E-state index contributed by atoms with van der Waals surface area (Å²) in [5, 5.41) is 5.98. The topological polar surface area (TPSA) is 4.93 Å². The molecule has 0 unspecified atom stereocenters. The lowest BCUT2D eigenvalue weighted by Crippen LogP contribution is -1.94. The van der Waals surface area contributed by atoms with E-state index in [9.17, 15) is 0 Å². The lowest BCUT2D eigenvalue weighted by molar-refractivity contribution is 1.18. The van der Waals surface area contributed by atoms with Crippen molar-refractivity contribution in [3.05, 3.63) is 102 Å². The van der Waals surface area contributed by atoms with Gasteiger partial charge in [0.1, 0.15) is 0 Å². The maximum absolute atomic E-state index is 6.48. The Morgan fingerprint density at radius 1 is 0.500 bits per heavy atom. The number of para-hydroxylation sites is 1. The quantitative estimate of drug-likeness (QED) is 0.261. The number of nitrogens with zero attached hydrogens (tertiary/aromatic N) is 1. The average molecular weight is 402 g/mol. The molecule has 1 aliphatic rings. The molecule has 0 N–H and O–H groups in total. The molecule has 6 aromatic rings. The fourth-order valence-electron chi connectivity index (χ4n) is 5.20. The molecule has 1 heterocycles. The highest BCUT2D eigenvalue weighted by Crippen LogP contribution is 2.49. The third-order valence-electron chi connectivity index (χ3n) is 6.37. The lowest BCUT2D eigenvalue weighted by Gasteiger charge is -2.14. The molecule has 0 saturated carbocycles. The first-order valence-corrected chi connectivity index (χ1v) is 10.5. The Kier molecular flexibility index (Phi) is 3.12. The van der Waals surface area contributed by atoms with Crippen molar-refractivity contribution in [2.24, 2.45) is 0 Å². The molecule has 140 valence electrons. The minimum Gasteiger partial charge on any atom is -0.309 e. The van der Waals surface area contributed by atoms with Gasteiger partial charge >= 0.3 is 0 Å². The molecule has 5 aromatic carbocycles. The Bertz CT molecular complexity index is 1640. The molecule has 0 aliphatic heterocycles. The highest BCUT2D eigenvalue weighted by molar-refractivity contribution is 6.33. The van der Waals surface area contributed by atoms with Crippen molar-refractivity contribution in [3.8, 4) is 27.9 Å². The van der Waals surface area contributed by atoms with E-state index in [1.54, 1.807) is 0 Å². The summed E-state index contributed by atoms with van der Waals surface area (Å²) in [5.41, 5.74) is 8.60. The van der Waals surface area contributed by atoms with E-state index in [-0.39, 0.29) is 0 Å². The molecule has 2 heteroatoms. The molecule has 1 aliphatic carbocycles. The normalized spacial score (nSPS) is 12.2. The Morgan fingerprint density at radius 3 is 2.13 bits per heavy atom. The summed E-state index contributed by atoms with van der Waals surface area (Å²) in [6, 6.07) is 34.7. The van der Waals surface area contributed by atoms with Gasteiger partial charge < -0.3 is 4.57 Å². The van der Waals surface area contributed by atoms with Gasteiger partial charge in [-0.25, -0.2) is 0 Å². The van der Waals surface area contributed by atoms with E-state index in [1.165, 1.54) is 60.5 Å². The third kappa shape index (κ3) is 1.98. The number of aromatic nitrogens is 1. The van der Waals surface area contributed by atoms with Gasteiger partial charge in [-0.05, 0) is 69.4 Å². The Balaban J connectivity index is 1.83. The van der Waals surface area contributed by atoms with Crippen LogP contribution in [0.25, 0.3) is 60.5 Å². The molecule has 0 bridgehead atoms. The molecule has 0 fully saturated rings. The summed E-state index contributed by atoms with van der Waals surface area (Å²) in [4.78, 5) is 0. The lowest BCUT2D eigenvalue weighted by atomic mass is 9.93. The molecular formula is C28H16ClN. The minimum absolute atomic E-state index is 0.766. The van der Waals surface area contributed by atoms with E-state index in [1.807, 2.05) is 6.07 Å². The number of hydrogen-bond acceptors (Lipinski definition) is 0. The maximum Gasteiger partial charge on any atom is 0.0547 e. The summed E-state index contributed by atoms with van der Waals surface area (Å²) in [6.07, 6.45) is 0. The van der Waals surface area contributed by atoms with Crippen molar-refractivity contribution in [2.45, 2.75) is 0 Å². The number of halogens is 1. The number of hydrogen-bond donors (Lipinski definition) is 0. The van der Waals surface area contributed by atoms with Crippen LogP contribution in [0.1, 0.15) is 0 Å². The van der Waals surface area contributed by atoms with Crippen LogP contribution in [0.3, 0.4) is 0 Å². The van der Waals surface area contributed by atoms with Crippen molar-refractivity contribution < 1.29 is 0 Å². The van der Waals surface area contributed by atoms with E-state index < -0.39 is 0 Å². The highest BCUT2D eigenvalue weighted by Gasteiger charge is 2.24. The van der Waals surface area contributed by atoms with Gasteiger partial charge in [0.2, 0.25) is 0 Å². The molecule has 30 heavy (non-hydrogen) atoms. The van der Waals surface area contributed by atoms with Gasteiger partial charge in [0.25, 0.3) is 0 Å². The van der Waals surface area contributed by atoms with Crippen LogP contribution in [0.2, 0.25) is 5.02 Å². The minimum atomic E-state index is 0.766. The predicted molar refractivity (Wildman–Crippen MR) is 128 cm³/mol. The van der Waals surface area contributed by atoms with Crippen molar-refractivity contribution in [1.29, 1.82) is 0 Å². The van der Waals surface area contributed by atoms with Gasteiger partial charge in [0.05, 0.1) is 11.0 Å². The van der Waals surface area contributed by atoms with Crippen molar-refractivity contribution in [2.75, 3.05) is 0 Å². The smallest absolute Gasteiger partial charge is 0.0547 e. The zero-order valence-electron chi connectivity index (χ0n) is 16.1. The standard InChI is InChI=1S/C28H16ClN/c29-18-13-14-20-21-9-4-6-17-12-15-25-28(26(17)21)27-22(23(20)16-18)10-5-11-24(27)30(25)19-7-2-1-3-8-19/h1-16H. The SMILES string of the molecule is Clc1ccc2c(c1)-c1cccc3c1c1c4c-2cccc4ccc1n3-c1ccccc1. The summed E-state index contributed by atoms with van der Waals surface area (Å²) >= 11 is 6.48. The van der Waals surface area contributed by atoms with E-state index in [0.717, 1.165) is 5.02 Å². The van der Waals surface area contributed by atoms with Crippen LogP contribution in [0.15, 0.2) is 97.1 Å². The van der Waals surface area contributed by atoms with Crippen molar-refractivity contribution in [1.82, 2.24) is 4.57 Å². The molecule has 0 saturated heterocycles. The molecule has 7 rings (SSSR count). The first kappa shape index (κ1) is 16.3. The van der Waals surface area contributed by atoms with E-state index in [2.05, 4.69) is 95.6 Å². The summed E-state index contributed by atoms with van der Waals surface area (Å²) in [5.74, 6) is 0. The largest absolute Gasteiger partial charge is 0.309 e. The van der Waals surface area contributed by atoms with Crippen LogP contribution in [0.5, 0.6) is 0 Å². The average Bonchev–Trinajstić information content (AvgIpc) is 3.07. The zero-order chi connectivity index (χ0) is 19.8. The number of fused-ring (bicyclic) bond motifs is 3. The van der Waals surface area contributed by atoms with Crippen LogP contribution in [-0.4, -0.2) is 4.57 Å². The van der Waals surface area contributed by atoms with Gasteiger partial charge in [0, 0.05) is 21.5 Å². The molecule has 0 spiro atoms. The maximum atomic E-state index is 6.48. The van der Waals surface area contributed by atoms with E-state index >= 15 is 0 Å². The second-order valence-electron chi connectivity index (χ2n) is 7.92. The van der Waals surface area contributed by atoms with Crippen molar-refractivity contribution in [3.63, 3.8) is 0 Å². The Labute approximate surface area is 178 Å². The molecule has 0 radical (unpaired) electrons. The second-order valence-corrected chi connectivity index (χ2v) is 8.36. The Hall–Kier alpha value is -3.55. The van der Waals surface area contributed by atoms with Crippen molar-refractivity contribution >= 4 is 44.2 Å². The number of rotatable bonds is 1. The van der Waals surface area contributed by atoms with Gasteiger partial charge in [-0.1, -0.05) is 72.3 Å². The summed E-state index contributed by atoms with van der Waals surface area (Å²) in [6.45, 7) is 0. The fourth-order valence-corrected chi connectivity index (χ4v) is 5.38. The first-order chi connectivity index (χ1) is 14.8. The van der Waals surface area contributed by atoms with Crippen LogP contribution < -0.4 is 0 Å². The summed E-state index contributed by atoms with van der Waals surface area (Å²) in [7, 11) is 0. The summed E-state index contributed by atoms with van der Waals surface area (Å²) < 4.78 is 2.39. The fraction of sp³-hybridized carbons (Fsp3) is 0. The predicted octanol–water partition coefficient (Wildman–Crippen LogP) is 8.24. The molecule has 0 atom stereocenters. The molecule has 1 nitrogen and oxygen atoms in total. The van der Waals surface area contributed by atoms with Crippen LogP contribution >= 0.6 is 11.6 Å². The molecule has 0 amide bonds. The van der Waals surface area contributed by atoms with Gasteiger partial charge in [-0.3, -0.25) is 0 Å². The monoisotopic (exact) mass is 401 g/mol. The number of benzene rings is 5. The van der Waals surface area contributed by atoms with Crippen LogP contribution in [0, 0.1) is 0 Å². The first-order valence-electron chi connectivity index (χ1n) is 10.2. The van der Waals surface area contributed by atoms with Gasteiger partial charge in [0.15, 0.2) is 0 Å². The second kappa shape index (κ2) is 5.75. The van der Waals surface area contributed by atoms with E-state index in [4.69, 9.17) is 11.6 Å². The molecular weight excluding hydrogens is 386 g/mol. The zero-order valence-corrected chi connectivity index (χ0v) is 16.8. The highest BCUT2D eigenvalue weighted by atomic mass is 35.5. The Morgan fingerprint density at radius 2 is 1.27 bits per heavy atom. The van der Waals surface area contributed by atoms with Crippen LogP contribution in [-0.2, 0) is 0 Å². The van der Waals surface area contributed by atoms with E-state index in [0.29, 0.717) is 0 Å². The van der Waals surface area contributed by atoms with Gasteiger partial charge in [-0.15, -0.1) is 0 Å². The van der Waals surface area contributed by atoms with Gasteiger partial charge in [-0.2, -0.15) is 0 Å². The van der Waals surface area contributed by atoms with Crippen LogP contribution in [0.4, 0.5) is 0 Å². The third-order valence-corrected chi connectivity index (χ3v) is 6.61. The molecule has 1 aromatic heterocycles.